The van der Waals surface area contributed by atoms with Crippen molar-refractivity contribution in [3.63, 3.8) is 0 Å². The third-order valence-electron chi connectivity index (χ3n) is 4.46. The molecule has 0 amide bonds. The third kappa shape index (κ3) is 3.16. The first-order valence-electron chi connectivity index (χ1n) is 8.23. The summed E-state index contributed by atoms with van der Waals surface area (Å²) in [4.78, 5) is 23.7. The zero-order chi connectivity index (χ0) is 19.2. The van der Waals surface area contributed by atoms with E-state index >= 15 is 0 Å². The van der Waals surface area contributed by atoms with E-state index in [0.717, 1.165) is 5.19 Å². The molecule has 6 nitrogen and oxygen atoms in total. The normalized spacial score (nSPS) is 13.6. The molecule has 0 bridgehead atoms. The minimum Gasteiger partial charge on any atom is -0.347 e. The Morgan fingerprint density at radius 1 is 1.35 bits per heavy atom. The molecule has 2 heterocycles. The van der Waals surface area contributed by atoms with E-state index in [2.05, 4.69) is 25.0 Å². The lowest BCUT2D eigenvalue weighted by molar-refractivity contribution is -0.387. The molecule has 0 spiro atoms. The van der Waals surface area contributed by atoms with Crippen molar-refractivity contribution in [1.82, 2.24) is 4.57 Å². The number of nitro groups is 1. The molecule has 1 aromatic carbocycles. The molecule has 1 aromatic heterocycles. The van der Waals surface area contributed by atoms with Gasteiger partial charge in [-0.15, -0.1) is 0 Å². The molecular formula is C17H20FN3O3SSi. The standard InChI is InChI=1S/C17H20FN3O3SSi/c1-10-14(15(21(23)24)17-20(16(10)22)7-8-25-17)19-13-6-5-11(9-12(13)18)26(2,3)4/h5-6,9,19H,7-8H2,1-4H3. The van der Waals surface area contributed by atoms with E-state index < -0.39 is 18.8 Å². The van der Waals surface area contributed by atoms with Gasteiger partial charge >= 0.3 is 5.69 Å². The molecule has 0 radical (unpaired) electrons. The van der Waals surface area contributed by atoms with Crippen LogP contribution < -0.4 is 16.1 Å². The molecule has 138 valence electrons. The summed E-state index contributed by atoms with van der Waals surface area (Å²) >= 11 is 1.27. The molecule has 0 atom stereocenters. The summed E-state index contributed by atoms with van der Waals surface area (Å²) in [5.41, 5.74) is -0.0297. The van der Waals surface area contributed by atoms with Gasteiger partial charge in [0.15, 0.2) is 5.03 Å². The highest BCUT2D eigenvalue weighted by Gasteiger charge is 2.31. The number of rotatable bonds is 4. The van der Waals surface area contributed by atoms with Gasteiger partial charge in [0.05, 0.1) is 18.7 Å². The van der Waals surface area contributed by atoms with Crippen molar-refractivity contribution >= 4 is 42.1 Å². The van der Waals surface area contributed by atoms with E-state index in [9.17, 15) is 19.3 Å². The second kappa shape index (κ2) is 6.55. The van der Waals surface area contributed by atoms with Crippen molar-refractivity contribution in [2.45, 2.75) is 38.1 Å². The van der Waals surface area contributed by atoms with Crippen molar-refractivity contribution < 1.29 is 9.31 Å². The summed E-state index contributed by atoms with van der Waals surface area (Å²) in [5.74, 6) is 0.130. The molecule has 0 unspecified atom stereocenters. The summed E-state index contributed by atoms with van der Waals surface area (Å²) in [6.45, 7) is 8.32. The van der Waals surface area contributed by atoms with Crippen LogP contribution in [0.4, 0.5) is 21.5 Å². The smallest absolute Gasteiger partial charge is 0.323 e. The van der Waals surface area contributed by atoms with E-state index in [1.807, 2.05) is 6.07 Å². The van der Waals surface area contributed by atoms with E-state index in [4.69, 9.17) is 0 Å². The quantitative estimate of drug-likeness (QED) is 0.488. The van der Waals surface area contributed by atoms with Gasteiger partial charge in [-0.2, -0.15) is 0 Å². The summed E-state index contributed by atoms with van der Waals surface area (Å²) in [7, 11) is -1.67. The molecule has 26 heavy (non-hydrogen) atoms. The Bertz CT molecular complexity index is 969. The average molecular weight is 394 g/mol. The molecule has 1 N–H and O–H groups in total. The maximum Gasteiger partial charge on any atom is 0.323 e. The monoisotopic (exact) mass is 393 g/mol. The Balaban J connectivity index is 2.13. The molecule has 3 rings (SSSR count). The Labute approximate surface area is 155 Å². The average Bonchev–Trinajstić information content (AvgIpc) is 3.02. The van der Waals surface area contributed by atoms with Crippen LogP contribution >= 0.6 is 11.8 Å². The second-order valence-electron chi connectivity index (χ2n) is 7.29. The predicted molar refractivity (Wildman–Crippen MR) is 105 cm³/mol. The number of nitrogens with one attached hydrogen (secondary N) is 1. The minimum absolute atomic E-state index is 0.0697. The van der Waals surface area contributed by atoms with Gasteiger partial charge in [0.25, 0.3) is 5.56 Å². The zero-order valence-corrected chi connectivity index (χ0v) is 16.9. The lowest BCUT2D eigenvalue weighted by Crippen LogP contribution is -2.37. The number of aromatic nitrogens is 1. The van der Waals surface area contributed by atoms with Crippen LogP contribution in [0.2, 0.25) is 19.6 Å². The van der Waals surface area contributed by atoms with Crippen LogP contribution in [0.1, 0.15) is 5.56 Å². The van der Waals surface area contributed by atoms with Crippen molar-refractivity contribution in [3.8, 4) is 0 Å². The lowest BCUT2D eigenvalue weighted by atomic mass is 10.2. The first-order chi connectivity index (χ1) is 12.1. The van der Waals surface area contributed by atoms with Gasteiger partial charge in [0.2, 0.25) is 0 Å². The fourth-order valence-electron chi connectivity index (χ4n) is 2.94. The van der Waals surface area contributed by atoms with Crippen molar-refractivity contribution in [3.05, 3.63) is 50.0 Å². The molecule has 0 saturated carbocycles. The maximum atomic E-state index is 14.6. The first kappa shape index (κ1) is 18.7. The number of hydrogen-bond donors (Lipinski definition) is 1. The van der Waals surface area contributed by atoms with Crippen molar-refractivity contribution in [2.75, 3.05) is 11.1 Å². The first-order valence-corrected chi connectivity index (χ1v) is 12.7. The molecule has 1 aliphatic heterocycles. The number of hydrogen-bond acceptors (Lipinski definition) is 5. The van der Waals surface area contributed by atoms with Gasteiger partial charge in [-0.1, -0.05) is 42.7 Å². The number of benzene rings is 1. The van der Waals surface area contributed by atoms with E-state index in [1.165, 1.54) is 29.3 Å². The summed E-state index contributed by atoms with van der Waals surface area (Å²) < 4.78 is 16.0. The largest absolute Gasteiger partial charge is 0.347 e. The van der Waals surface area contributed by atoms with Gasteiger partial charge in [0.1, 0.15) is 11.5 Å². The van der Waals surface area contributed by atoms with Crippen LogP contribution in [0.5, 0.6) is 0 Å². The second-order valence-corrected chi connectivity index (χ2v) is 13.4. The SMILES string of the molecule is Cc1c(Nc2ccc([Si](C)(C)C)cc2F)c([N+](=O)[O-])c2n(c1=O)CCS2. The van der Waals surface area contributed by atoms with Crippen LogP contribution in [-0.2, 0) is 6.54 Å². The van der Waals surface area contributed by atoms with Crippen LogP contribution in [0.15, 0.2) is 28.0 Å². The van der Waals surface area contributed by atoms with Gasteiger partial charge in [0, 0.05) is 17.9 Å². The Morgan fingerprint density at radius 2 is 2.04 bits per heavy atom. The lowest BCUT2D eigenvalue weighted by Gasteiger charge is -2.18. The van der Waals surface area contributed by atoms with Crippen LogP contribution in [0.3, 0.4) is 0 Å². The van der Waals surface area contributed by atoms with Crippen LogP contribution in [0.25, 0.3) is 0 Å². The van der Waals surface area contributed by atoms with E-state index in [-0.39, 0.29) is 28.2 Å². The zero-order valence-electron chi connectivity index (χ0n) is 15.1. The highest BCUT2D eigenvalue weighted by atomic mass is 32.2. The highest BCUT2D eigenvalue weighted by molar-refractivity contribution is 7.99. The number of anilines is 2. The van der Waals surface area contributed by atoms with Crippen LogP contribution in [0, 0.1) is 22.9 Å². The number of thioether (sulfide) groups is 1. The molecule has 0 fully saturated rings. The van der Waals surface area contributed by atoms with Crippen LogP contribution in [-0.4, -0.2) is 23.3 Å². The maximum absolute atomic E-state index is 14.6. The fraction of sp³-hybridized carbons (Fsp3) is 0.353. The Hall–Kier alpha value is -2.13. The number of fused-ring (bicyclic) bond motifs is 1. The predicted octanol–water partition coefficient (Wildman–Crippen LogP) is 3.60. The van der Waals surface area contributed by atoms with E-state index in [0.29, 0.717) is 17.3 Å². The van der Waals surface area contributed by atoms with Gasteiger partial charge < -0.3 is 5.32 Å². The van der Waals surface area contributed by atoms with E-state index in [1.54, 1.807) is 6.07 Å². The molecule has 0 saturated heterocycles. The molecular weight excluding hydrogens is 373 g/mol. The third-order valence-corrected chi connectivity index (χ3v) is 7.57. The molecule has 0 aliphatic carbocycles. The van der Waals surface area contributed by atoms with Crippen molar-refractivity contribution in [2.24, 2.45) is 0 Å². The van der Waals surface area contributed by atoms with Gasteiger partial charge in [-0.05, 0) is 19.1 Å². The number of nitrogens with zero attached hydrogens (tertiary/aromatic N) is 2. The number of halogens is 1. The number of pyridine rings is 1. The Morgan fingerprint density at radius 3 is 2.62 bits per heavy atom. The fourth-order valence-corrected chi connectivity index (χ4v) is 5.19. The van der Waals surface area contributed by atoms with Gasteiger partial charge in [-0.25, -0.2) is 4.39 Å². The van der Waals surface area contributed by atoms with Crippen molar-refractivity contribution in [1.29, 1.82) is 0 Å². The Kier molecular flexibility index (Phi) is 4.70. The molecule has 9 heteroatoms. The minimum atomic E-state index is -1.67. The summed E-state index contributed by atoms with van der Waals surface area (Å²) in [6, 6.07) is 4.91. The summed E-state index contributed by atoms with van der Waals surface area (Å²) in [5, 5.41) is 15.7. The topological polar surface area (TPSA) is 77.2 Å². The summed E-state index contributed by atoms with van der Waals surface area (Å²) in [6.07, 6.45) is 0. The molecule has 1 aliphatic rings. The highest BCUT2D eigenvalue weighted by Crippen LogP contribution is 2.40. The van der Waals surface area contributed by atoms with Gasteiger partial charge in [-0.3, -0.25) is 19.5 Å². The molecule has 2 aromatic rings.